The molecule has 0 aromatic heterocycles. The summed E-state index contributed by atoms with van der Waals surface area (Å²) >= 11 is 5.86. The van der Waals surface area contributed by atoms with Gasteiger partial charge in [0.1, 0.15) is 0 Å². The van der Waals surface area contributed by atoms with Crippen LogP contribution < -0.4 is 0 Å². The number of carbonyl (C=O) groups is 1. The van der Waals surface area contributed by atoms with Gasteiger partial charge in [-0.05, 0) is 56.9 Å². The molecule has 0 aliphatic carbocycles. The number of carbonyl (C=O) groups excluding carboxylic acids is 1. The molecule has 0 bridgehead atoms. The summed E-state index contributed by atoms with van der Waals surface area (Å²) in [6.07, 6.45) is 4.81. The Hall–Kier alpha value is -1.41. The number of rotatable bonds is 5. The summed E-state index contributed by atoms with van der Waals surface area (Å²) in [6.45, 7) is 5.15. The molecule has 2 heterocycles. The maximum absolute atomic E-state index is 13.0. The molecule has 6 nitrogen and oxygen atoms in total. The third kappa shape index (κ3) is 5.40. The van der Waals surface area contributed by atoms with Gasteiger partial charge >= 0.3 is 0 Å². The lowest BCUT2D eigenvalue weighted by Gasteiger charge is -2.33. The van der Waals surface area contributed by atoms with Crippen molar-refractivity contribution in [2.75, 3.05) is 26.2 Å². The number of amides is 1. The molecule has 1 aromatic carbocycles. The van der Waals surface area contributed by atoms with E-state index in [0.29, 0.717) is 50.5 Å². The largest absolute Gasteiger partial charge is 0.390 e. The Morgan fingerprint density at radius 3 is 2.31 bits per heavy atom. The van der Waals surface area contributed by atoms with Crippen LogP contribution >= 0.6 is 11.6 Å². The second-order valence-corrected chi connectivity index (χ2v) is 11.1. The van der Waals surface area contributed by atoms with E-state index in [2.05, 4.69) is 0 Å². The molecule has 2 aliphatic rings. The predicted molar refractivity (Wildman–Crippen MR) is 115 cm³/mol. The summed E-state index contributed by atoms with van der Waals surface area (Å²) in [5.41, 5.74) is 0.00633. The van der Waals surface area contributed by atoms with Gasteiger partial charge < -0.3 is 10.0 Å². The van der Waals surface area contributed by atoms with Crippen molar-refractivity contribution in [1.82, 2.24) is 9.21 Å². The van der Waals surface area contributed by atoms with Crippen molar-refractivity contribution in [3.8, 4) is 0 Å². The van der Waals surface area contributed by atoms with E-state index in [9.17, 15) is 18.3 Å². The van der Waals surface area contributed by atoms with Crippen molar-refractivity contribution < 1.29 is 18.3 Å². The second-order valence-electron chi connectivity index (χ2n) is 8.45. The molecular formula is C21H29ClN2O4S. The van der Waals surface area contributed by atoms with Crippen LogP contribution in [0.15, 0.2) is 30.3 Å². The van der Waals surface area contributed by atoms with Crippen LogP contribution in [0, 0.1) is 5.92 Å². The first kappa shape index (κ1) is 22.3. The SMILES string of the molecule is CC(C)(O)[C@@H]1CCN(S(=O)(=O)C2CCN(C(=O)/C=C/c3ccc(Cl)cc3)CC2)C1. The number of halogens is 1. The Morgan fingerprint density at radius 1 is 1.14 bits per heavy atom. The van der Waals surface area contributed by atoms with Crippen LogP contribution in [0.4, 0.5) is 0 Å². The van der Waals surface area contributed by atoms with E-state index >= 15 is 0 Å². The van der Waals surface area contributed by atoms with Crippen LogP contribution in [-0.4, -0.2) is 65.7 Å². The number of hydrogen-bond acceptors (Lipinski definition) is 4. The van der Waals surface area contributed by atoms with Crippen molar-refractivity contribution in [2.24, 2.45) is 5.92 Å². The van der Waals surface area contributed by atoms with Crippen LogP contribution in [0.1, 0.15) is 38.7 Å². The molecule has 3 rings (SSSR count). The summed E-state index contributed by atoms with van der Waals surface area (Å²) in [6, 6.07) is 7.20. The van der Waals surface area contributed by atoms with Gasteiger partial charge in [-0.2, -0.15) is 0 Å². The minimum absolute atomic E-state index is 0.0445. The summed E-state index contributed by atoms with van der Waals surface area (Å²) < 4.78 is 27.5. The topological polar surface area (TPSA) is 77.9 Å². The molecule has 1 N–H and O–H groups in total. The van der Waals surface area contributed by atoms with Crippen LogP contribution in [0.25, 0.3) is 6.08 Å². The fourth-order valence-corrected chi connectivity index (χ4v) is 6.07. The lowest BCUT2D eigenvalue weighted by atomic mass is 9.91. The molecule has 0 unspecified atom stereocenters. The van der Waals surface area contributed by atoms with E-state index in [1.54, 1.807) is 37.0 Å². The van der Waals surface area contributed by atoms with Gasteiger partial charge in [0.05, 0.1) is 10.9 Å². The van der Waals surface area contributed by atoms with Gasteiger partial charge in [0.15, 0.2) is 0 Å². The summed E-state index contributed by atoms with van der Waals surface area (Å²) in [7, 11) is -3.41. The molecule has 8 heteroatoms. The summed E-state index contributed by atoms with van der Waals surface area (Å²) in [5.74, 6) is -0.156. The fraction of sp³-hybridized carbons (Fsp3) is 0.571. The highest BCUT2D eigenvalue weighted by Gasteiger charge is 2.42. The lowest BCUT2D eigenvalue weighted by Crippen LogP contribution is -2.46. The van der Waals surface area contributed by atoms with Gasteiger partial charge in [-0.3, -0.25) is 4.79 Å². The van der Waals surface area contributed by atoms with E-state index in [4.69, 9.17) is 11.6 Å². The molecule has 2 fully saturated rings. The molecule has 1 amide bonds. The highest BCUT2D eigenvalue weighted by molar-refractivity contribution is 7.89. The normalized spacial score (nSPS) is 22.5. The zero-order valence-electron chi connectivity index (χ0n) is 16.9. The van der Waals surface area contributed by atoms with Gasteiger partial charge in [0.2, 0.25) is 15.9 Å². The van der Waals surface area contributed by atoms with Gasteiger partial charge in [-0.25, -0.2) is 12.7 Å². The number of likely N-dealkylation sites (tertiary alicyclic amines) is 1. The molecule has 160 valence electrons. The average molecular weight is 441 g/mol. The van der Waals surface area contributed by atoms with E-state index in [1.807, 2.05) is 12.1 Å². The van der Waals surface area contributed by atoms with Crippen LogP contribution in [0.2, 0.25) is 5.02 Å². The van der Waals surface area contributed by atoms with Crippen molar-refractivity contribution >= 4 is 33.6 Å². The summed E-state index contributed by atoms with van der Waals surface area (Å²) in [5, 5.41) is 10.4. The number of piperidine rings is 1. The van der Waals surface area contributed by atoms with E-state index in [1.165, 1.54) is 10.4 Å². The molecule has 2 saturated heterocycles. The maximum Gasteiger partial charge on any atom is 0.246 e. The van der Waals surface area contributed by atoms with Crippen LogP contribution in [0.5, 0.6) is 0 Å². The first-order chi connectivity index (χ1) is 13.6. The molecule has 2 aliphatic heterocycles. The average Bonchev–Trinajstić information content (AvgIpc) is 3.19. The van der Waals surface area contributed by atoms with Gasteiger partial charge in [0.25, 0.3) is 0 Å². The Balaban J connectivity index is 1.54. The van der Waals surface area contributed by atoms with E-state index < -0.39 is 20.9 Å². The zero-order valence-corrected chi connectivity index (χ0v) is 18.5. The summed E-state index contributed by atoms with van der Waals surface area (Å²) in [4.78, 5) is 14.1. The highest BCUT2D eigenvalue weighted by atomic mass is 35.5. The highest BCUT2D eigenvalue weighted by Crippen LogP contribution is 2.31. The number of sulfonamides is 1. The van der Waals surface area contributed by atoms with Crippen molar-refractivity contribution in [3.05, 3.63) is 40.9 Å². The standard InChI is InChI=1S/C21H29ClN2O4S/c1-21(2,26)17-9-14-24(15-17)29(27,28)19-10-12-23(13-11-19)20(25)8-5-16-3-6-18(22)7-4-16/h3-8,17,19,26H,9-15H2,1-2H3/b8-5+/t17-/m1/s1. The Labute approximate surface area is 178 Å². The molecular weight excluding hydrogens is 412 g/mol. The quantitative estimate of drug-likeness (QED) is 0.714. The van der Waals surface area contributed by atoms with E-state index in [-0.39, 0.29) is 11.8 Å². The van der Waals surface area contributed by atoms with Crippen molar-refractivity contribution in [1.29, 1.82) is 0 Å². The van der Waals surface area contributed by atoms with E-state index in [0.717, 1.165) is 5.56 Å². The van der Waals surface area contributed by atoms with Gasteiger partial charge in [-0.15, -0.1) is 0 Å². The Bertz CT molecular complexity index is 854. The minimum atomic E-state index is -3.41. The third-order valence-electron chi connectivity index (χ3n) is 5.97. The van der Waals surface area contributed by atoms with Crippen LogP contribution in [-0.2, 0) is 14.8 Å². The lowest BCUT2D eigenvalue weighted by molar-refractivity contribution is -0.126. The van der Waals surface area contributed by atoms with Gasteiger partial charge in [-0.1, -0.05) is 23.7 Å². The Morgan fingerprint density at radius 2 is 1.76 bits per heavy atom. The minimum Gasteiger partial charge on any atom is -0.390 e. The smallest absolute Gasteiger partial charge is 0.246 e. The molecule has 0 radical (unpaired) electrons. The Kier molecular flexibility index (Phi) is 6.73. The number of nitrogens with zero attached hydrogens (tertiary/aromatic N) is 2. The predicted octanol–water partition coefficient (Wildman–Crippen LogP) is 2.77. The first-order valence-corrected chi connectivity index (χ1v) is 11.9. The maximum atomic E-state index is 13.0. The molecule has 29 heavy (non-hydrogen) atoms. The van der Waals surface area contributed by atoms with Gasteiger partial charge in [0, 0.05) is 43.2 Å². The third-order valence-corrected chi connectivity index (χ3v) is 8.59. The zero-order chi connectivity index (χ0) is 21.2. The molecule has 0 saturated carbocycles. The fourth-order valence-electron chi connectivity index (χ4n) is 3.97. The monoisotopic (exact) mass is 440 g/mol. The van der Waals surface area contributed by atoms with Crippen molar-refractivity contribution in [2.45, 2.75) is 44.0 Å². The van der Waals surface area contributed by atoms with Crippen molar-refractivity contribution in [3.63, 3.8) is 0 Å². The number of benzene rings is 1. The first-order valence-electron chi connectivity index (χ1n) is 10.0. The molecule has 0 spiro atoms. The number of aliphatic hydroxyl groups is 1. The second kappa shape index (κ2) is 8.76. The molecule has 1 aromatic rings. The number of hydrogen-bond donors (Lipinski definition) is 1. The molecule has 1 atom stereocenters. The van der Waals surface area contributed by atoms with Crippen LogP contribution in [0.3, 0.4) is 0 Å².